The molecule has 1 atom stereocenters. The van der Waals surface area contributed by atoms with E-state index in [0.29, 0.717) is 31.6 Å². The summed E-state index contributed by atoms with van der Waals surface area (Å²) < 4.78 is 5.37. The number of esters is 1. The fourth-order valence-corrected chi connectivity index (χ4v) is 3.87. The topological polar surface area (TPSA) is 90.2 Å². The first-order valence-corrected chi connectivity index (χ1v) is 10.5. The standard InChI is InChI=1S/C23H33NO5/c25-17-9-15-24(16-18-26)14-7-8-19-29-22(27)23(28,20-10-3-1-4-11-20)21-12-5-2-6-13-21/h1,3-4,10-11,21,25-26,28H,2,5-6,9,12-19H2. The summed E-state index contributed by atoms with van der Waals surface area (Å²) in [6.07, 6.45) is 5.34. The van der Waals surface area contributed by atoms with Crippen molar-refractivity contribution in [1.29, 1.82) is 0 Å². The van der Waals surface area contributed by atoms with Gasteiger partial charge in [0.05, 0.1) is 13.2 Å². The molecule has 1 aliphatic rings. The Labute approximate surface area is 173 Å². The zero-order chi connectivity index (χ0) is 21.0. The van der Waals surface area contributed by atoms with Crippen molar-refractivity contribution in [1.82, 2.24) is 4.90 Å². The number of aliphatic hydroxyl groups excluding tert-OH is 2. The smallest absolute Gasteiger partial charge is 0.344 e. The van der Waals surface area contributed by atoms with Gasteiger partial charge in [-0.15, -0.1) is 0 Å². The van der Waals surface area contributed by atoms with Crippen LogP contribution >= 0.6 is 0 Å². The molecule has 0 heterocycles. The van der Waals surface area contributed by atoms with Crippen LogP contribution in [0, 0.1) is 17.8 Å². The van der Waals surface area contributed by atoms with Gasteiger partial charge < -0.3 is 20.1 Å². The van der Waals surface area contributed by atoms with Crippen molar-refractivity contribution in [2.24, 2.45) is 5.92 Å². The molecule has 3 N–H and O–H groups in total. The van der Waals surface area contributed by atoms with Gasteiger partial charge in [0.25, 0.3) is 0 Å². The fourth-order valence-electron chi connectivity index (χ4n) is 3.87. The third-order valence-corrected chi connectivity index (χ3v) is 5.47. The molecule has 0 bridgehead atoms. The summed E-state index contributed by atoms with van der Waals surface area (Å²) in [5.74, 6) is 4.95. The fraction of sp³-hybridized carbons (Fsp3) is 0.609. The zero-order valence-electron chi connectivity index (χ0n) is 17.1. The molecule has 1 aromatic carbocycles. The van der Waals surface area contributed by atoms with Gasteiger partial charge in [0.2, 0.25) is 0 Å². The Morgan fingerprint density at radius 3 is 2.45 bits per heavy atom. The predicted molar refractivity (Wildman–Crippen MR) is 111 cm³/mol. The lowest BCUT2D eigenvalue weighted by molar-refractivity contribution is -0.174. The lowest BCUT2D eigenvalue weighted by atomic mass is 9.73. The average molecular weight is 404 g/mol. The first kappa shape index (κ1) is 23.4. The van der Waals surface area contributed by atoms with Crippen molar-refractivity contribution < 1.29 is 24.9 Å². The summed E-state index contributed by atoms with van der Waals surface area (Å²) in [5, 5.41) is 29.4. The summed E-state index contributed by atoms with van der Waals surface area (Å²) in [4.78, 5) is 14.8. The Hall–Kier alpha value is -1.91. The first-order valence-electron chi connectivity index (χ1n) is 10.5. The molecular formula is C23H33NO5. The van der Waals surface area contributed by atoms with Gasteiger partial charge >= 0.3 is 5.97 Å². The highest BCUT2D eigenvalue weighted by Gasteiger charge is 2.46. The van der Waals surface area contributed by atoms with Crippen LogP contribution in [0.15, 0.2) is 30.3 Å². The minimum atomic E-state index is -1.65. The molecule has 160 valence electrons. The molecule has 0 amide bonds. The van der Waals surface area contributed by atoms with Crippen molar-refractivity contribution in [2.75, 3.05) is 39.5 Å². The van der Waals surface area contributed by atoms with E-state index in [1.165, 1.54) is 0 Å². The molecular weight excluding hydrogens is 370 g/mol. The highest BCUT2D eigenvalue weighted by Crippen LogP contribution is 2.40. The third kappa shape index (κ3) is 6.83. The Morgan fingerprint density at radius 1 is 1.07 bits per heavy atom. The highest BCUT2D eigenvalue weighted by atomic mass is 16.5. The van der Waals surface area contributed by atoms with Crippen LogP contribution in [0.25, 0.3) is 0 Å². The van der Waals surface area contributed by atoms with E-state index in [1.807, 2.05) is 23.1 Å². The van der Waals surface area contributed by atoms with Crippen molar-refractivity contribution >= 4 is 5.97 Å². The predicted octanol–water partition coefficient (Wildman–Crippen LogP) is 1.68. The average Bonchev–Trinajstić information content (AvgIpc) is 2.77. The second-order valence-electron chi connectivity index (χ2n) is 7.47. The van der Waals surface area contributed by atoms with E-state index < -0.39 is 11.6 Å². The lowest BCUT2D eigenvalue weighted by Crippen LogP contribution is -2.45. The van der Waals surface area contributed by atoms with Crippen molar-refractivity contribution in [3.05, 3.63) is 35.9 Å². The second-order valence-corrected chi connectivity index (χ2v) is 7.47. The molecule has 0 spiro atoms. The van der Waals surface area contributed by atoms with Gasteiger partial charge in [-0.1, -0.05) is 61.4 Å². The normalized spacial score (nSPS) is 16.7. The Balaban J connectivity index is 1.98. The van der Waals surface area contributed by atoms with Gasteiger partial charge in [-0.05, 0) is 24.8 Å². The molecule has 0 radical (unpaired) electrons. The van der Waals surface area contributed by atoms with Crippen molar-refractivity contribution in [3.8, 4) is 11.8 Å². The minimum absolute atomic E-state index is 0.0214. The van der Waals surface area contributed by atoms with Gasteiger partial charge in [0.1, 0.15) is 0 Å². The number of ether oxygens (including phenoxy) is 1. The lowest BCUT2D eigenvalue weighted by Gasteiger charge is -2.36. The quantitative estimate of drug-likeness (QED) is 0.407. The van der Waals surface area contributed by atoms with Crippen LogP contribution in [0.3, 0.4) is 0 Å². The van der Waals surface area contributed by atoms with E-state index in [4.69, 9.17) is 14.9 Å². The van der Waals surface area contributed by atoms with Crippen molar-refractivity contribution in [3.63, 3.8) is 0 Å². The Morgan fingerprint density at radius 2 is 1.79 bits per heavy atom. The molecule has 0 saturated heterocycles. The minimum Gasteiger partial charge on any atom is -0.450 e. The van der Waals surface area contributed by atoms with Crippen LogP contribution in [-0.4, -0.2) is 65.6 Å². The van der Waals surface area contributed by atoms with Crippen molar-refractivity contribution in [2.45, 2.75) is 44.1 Å². The van der Waals surface area contributed by atoms with E-state index in [-0.39, 0.29) is 25.7 Å². The van der Waals surface area contributed by atoms with E-state index in [2.05, 4.69) is 11.8 Å². The summed E-state index contributed by atoms with van der Waals surface area (Å²) in [6.45, 7) is 1.56. The van der Waals surface area contributed by atoms with E-state index in [0.717, 1.165) is 32.1 Å². The van der Waals surface area contributed by atoms with Crippen LogP contribution in [0.5, 0.6) is 0 Å². The molecule has 0 aromatic heterocycles. The Bertz CT molecular complexity index is 663. The molecule has 1 fully saturated rings. The van der Waals surface area contributed by atoms with Crippen LogP contribution in [0.4, 0.5) is 0 Å². The SMILES string of the molecule is O=C(OCC#CCN(CCO)CCCO)C(O)(c1ccccc1)C1CCCCC1. The molecule has 2 rings (SSSR count). The number of hydrogen-bond donors (Lipinski definition) is 3. The number of aliphatic hydroxyl groups is 3. The number of hydrogen-bond acceptors (Lipinski definition) is 6. The zero-order valence-corrected chi connectivity index (χ0v) is 17.1. The van der Waals surface area contributed by atoms with Crippen LogP contribution in [0.1, 0.15) is 44.1 Å². The van der Waals surface area contributed by atoms with Crippen LogP contribution in [-0.2, 0) is 15.1 Å². The molecule has 1 aromatic rings. The maximum atomic E-state index is 12.9. The summed E-state index contributed by atoms with van der Waals surface area (Å²) in [6, 6.07) is 9.04. The molecule has 1 unspecified atom stereocenters. The second kappa shape index (κ2) is 12.6. The highest BCUT2D eigenvalue weighted by molar-refractivity contribution is 5.81. The number of rotatable bonds is 10. The van der Waals surface area contributed by atoms with Crippen LogP contribution < -0.4 is 0 Å². The largest absolute Gasteiger partial charge is 0.450 e. The van der Waals surface area contributed by atoms with Gasteiger partial charge in [-0.2, -0.15) is 0 Å². The summed E-state index contributed by atoms with van der Waals surface area (Å²) in [5.41, 5.74) is -1.07. The van der Waals surface area contributed by atoms with E-state index >= 15 is 0 Å². The molecule has 0 aliphatic heterocycles. The van der Waals surface area contributed by atoms with Gasteiger partial charge in [-0.25, -0.2) is 4.79 Å². The Kier molecular flexibility index (Phi) is 10.2. The third-order valence-electron chi connectivity index (χ3n) is 5.47. The van der Waals surface area contributed by atoms with Gasteiger partial charge in [0, 0.05) is 25.6 Å². The molecule has 6 nitrogen and oxygen atoms in total. The number of nitrogens with zero attached hydrogens (tertiary/aromatic N) is 1. The van der Waals surface area contributed by atoms with E-state index in [1.54, 1.807) is 12.1 Å². The number of benzene rings is 1. The maximum absolute atomic E-state index is 12.9. The first-order chi connectivity index (χ1) is 14.1. The monoisotopic (exact) mass is 403 g/mol. The van der Waals surface area contributed by atoms with E-state index in [9.17, 15) is 9.90 Å². The molecule has 29 heavy (non-hydrogen) atoms. The number of carbonyl (C=O) groups is 1. The van der Waals surface area contributed by atoms with Gasteiger partial charge in [-0.3, -0.25) is 4.90 Å². The number of carbonyl (C=O) groups excluding carboxylic acids is 1. The van der Waals surface area contributed by atoms with Gasteiger partial charge in [0.15, 0.2) is 12.2 Å². The summed E-state index contributed by atoms with van der Waals surface area (Å²) >= 11 is 0. The molecule has 1 saturated carbocycles. The molecule has 1 aliphatic carbocycles. The molecule has 6 heteroatoms. The maximum Gasteiger partial charge on any atom is 0.344 e. The van der Waals surface area contributed by atoms with Crippen LogP contribution in [0.2, 0.25) is 0 Å². The summed E-state index contributed by atoms with van der Waals surface area (Å²) in [7, 11) is 0.